The Labute approximate surface area is 147 Å². The van der Waals surface area contributed by atoms with E-state index in [-0.39, 0.29) is 12.1 Å². The lowest BCUT2D eigenvalue weighted by Gasteiger charge is -2.22. The molecule has 1 atom stereocenters. The van der Waals surface area contributed by atoms with E-state index in [9.17, 15) is 4.79 Å². The number of ether oxygens (including phenoxy) is 1. The number of nitrogens with one attached hydrogen (secondary N) is 1. The van der Waals surface area contributed by atoms with Crippen LogP contribution in [-0.2, 0) is 11.3 Å². The van der Waals surface area contributed by atoms with Gasteiger partial charge in [0.2, 0.25) is 0 Å². The SMILES string of the molecule is Bc1ccc2[nH]c([C@@H]3CCCN3C(=O)OCc3ccccc3)nc2c1. The number of carbonyl (C=O) groups excluding carboxylic acids is 1. The minimum atomic E-state index is -0.275. The van der Waals surface area contributed by atoms with Crippen LogP contribution < -0.4 is 5.46 Å². The lowest BCUT2D eigenvalue weighted by Crippen LogP contribution is -2.31. The minimum Gasteiger partial charge on any atom is -0.445 e. The highest BCUT2D eigenvalue weighted by molar-refractivity contribution is 6.33. The van der Waals surface area contributed by atoms with Gasteiger partial charge in [0, 0.05) is 6.54 Å². The third-order valence-electron chi connectivity index (χ3n) is 4.66. The average Bonchev–Trinajstić information content (AvgIpc) is 3.26. The van der Waals surface area contributed by atoms with Crippen molar-refractivity contribution in [2.24, 2.45) is 0 Å². The summed E-state index contributed by atoms with van der Waals surface area (Å²) in [6.07, 6.45) is 1.59. The van der Waals surface area contributed by atoms with Crippen molar-refractivity contribution in [2.75, 3.05) is 6.54 Å². The monoisotopic (exact) mass is 333 g/mol. The molecule has 4 rings (SSSR count). The lowest BCUT2D eigenvalue weighted by molar-refractivity contribution is 0.0910. The number of benzene rings is 2. The maximum absolute atomic E-state index is 12.5. The topological polar surface area (TPSA) is 58.2 Å². The first-order valence-corrected chi connectivity index (χ1v) is 8.64. The molecule has 1 aliphatic heterocycles. The van der Waals surface area contributed by atoms with Gasteiger partial charge in [-0.3, -0.25) is 4.90 Å². The molecule has 0 bridgehead atoms. The summed E-state index contributed by atoms with van der Waals surface area (Å²) in [6.45, 7) is 0.997. The van der Waals surface area contributed by atoms with E-state index in [0.29, 0.717) is 13.2 Å². The van der Waals surface area contributed by atoms with Crippen molar-refractivity contribution in [2.45, 2.75) is 25.5 Å². The van der Waals surface area contributed by atoms with Crippen molar-refractivity contribution in [3.63, 3.8) is 0 Å². The van der Waals surface area contributed by atoms with Gasteiger partial charge in [-0.25, -0.2) is 9.78 Å². The van der Waals surface area contributed by atoms with Crippen LogP contribution in [0, 0.1) is 0 Å². The zero-order chi connectivity index (χ0) is 17.2. The Kier molecular flexibility index (Phi) is 4.18. The molecule has 1 aromatic heterocycles. The van der Waals surface area contributed by atoms with Gasteiger partial charge in [-0.15, -0.1) is 0 Å². The van der Waals surface area contributed by atoms with Crippen molar-refractivity contribution >= 4 is 30.4 Å². The minimum absolute atomic E-state index is 0.0454. The van der Waals surface area contributed by atoms with Crippen LogP contribution in [-0.4, -0.2) is 35.4 Å². The first-order chi connectivity index (χ1) is 12.2. The molecule has 5 nitrogen and oxygen atoms in total. The van der Waals surface area contributed by atoms with Crippen LogP contribution in [0.1, 0.15) is 30.3 Å². The first-order valence-electron chi connectivity index (χ1n) is 8.64. The zero-order valence-corrected chi connectivity index (χ0v) is 14.2. The largest absolute Gasteiger partial charge is 0.445 e. The van der Waals surface area contributed by atoms with Crippen molar-refractivity contribution in [3.05, 3.63) is 59.9 Å². The summed E-state index contributed by atoms with van der Waals surface area (Å²) in [4.78, 5) is 22.4. The molecule has 1 N–H and O–H groups in total. The van der Waals surface area contributed by atoms with Gasteiger partial charge in [0.25, 0.3) is 0 Å². The Hall–Kier alpha value is -2.76. The van der Waals surface area contributed by atoms with Gasteiger partial charge in [0.1, 0.15) is 20.3 Å². The van der Waals surface area contributed by atoms with E-state index in [1.165, 1.54) is 5.46 Å². The smallest absolute Gasteiger partial charge is 0.410 e. The molecule has 1 amide bonds. The Bertz CT molecular complexity index is 894. The van der Waals surface area contributed by atoms with Crippen LogP contribution in [0.15, 0.2) is 48.5 Å². The number of nitrogens with zero attached hydrogens (tertiary/aromatic N) is 2. The van der Waals surface area contributed by atoms with Crippen LogP contribution in [0.25, 0.3) is 11.0 Å². The van der Waals surface area contributed by atoms with Crippen molar-refractivity contribution in [3.8, 4) is 0 Å². The normalized spacial score (nSPS) is 17.1. The number of rotatable bonds is 3. The molecule has 1 fully saturated rings. The predicted octanol–water partition coefficient (Wildman–Crippen LogP) is 2.29. The summed E-state index contributed by atoms with van der Waals surface area (Å²) in [7, 11) is 2.05. The summed E-state index contributed by atoms with van der Waals surface area (Å²) in [5, 5.41) is 0. The molecule has 0 spiro atoms. The third-order valence-corrected chi connectivity index (χ3v) is 4.66. The van der Waals surface area contributed by atoms with Crippen LogP contribution in [0.2, 0.25) is 0 Å². The number of hydrogen-bond acceptors (Lipinski definition) is 3. The number of H-pyrrole nitrogens is 1. The van der Waals surface area contributed by atoms with Crippen LogP contribution in [0.3, 0.4) is 0 Å². The van der Waals surface area contributed by atoms with E-state index in [1.54, 1.807) is 4.90 Å². The maximum atomic E-state index is 12.5. The molecule has 2 heterocycles. The summed E-state index contributed by atoms with van der Waals surface area (Å²) in [5.74, 6) is 0.842. The molecule has 25 heavy (non-hydrogen) atoms. The van der Waals surface area contributed by atoms with Gasteiger partial charge >= 0.3 is 6.09 Å². The van der Waals surface area contributed by atoms with Crippen LogP contribution in [0.5, 0.6) is 0 Å². The van der Waals surface area contributed by atoms with E-state index in [1.807, 2.05) is 36.4 Å². The summed E-state index contributed by atoms with van der Waals surface area (Å²) >= 11 is 0. The van der Waals surface area contributed by atoms with Gasteiger partial charge in [-0.1, -0.05) is 41.9 Å². The van der Waals surface area contributed by atoms with Gasteiger partial charge in [0.05, 0.1) is 17.1 Å². The predicted molar refractivity (Wildman–Crippen MR) is 99.6 cm³/mol. The highest BCUT2D eigenvalue weighted by Crippen LogP contribution is 2.31. The molecule has 3 aromatic rings. The summed E-state index contributed by atoms with van der Waals surface area (Å²) in [6, 6.07) is 15.9. The number of aromatic amines is 1. The number of carbonyl (C=O) groups is 1. The molecular weight excluding hydrogens is 313 g/mol. The third kappa shape index (κ3) is 3.24. The molecule has 1 aliphatic rings. The van der Waals surface area contributed by atoms with Gasteiger partial charge in [-0.05, 0) is 30.5 Å². The highest BCUT2D eigenvalue weighted by atomic mass is 16.6. The van der Waals surface area contributed by atoms with Crippen molar-refractivity contribution < 1.29 is 9.53 Å². The molecule has 0 saturated carbocycles. The van der Waals surface area contributed by atoms with E-state index < -0.39 is 0 Å². The molecule has 6 heteroatoms. The molecule has 126 valence electrons. The van der Waals surface area contributed by atoms with Crippen molar-refractivity contribution in [1.29, 1.82) is 0 Å². The highest BCUT2D eigenvalue weighted by Gasteiger charge is 2.33. The summed E-state index contributed by atoms with van der Waals surface area (Å²) < 4.78 is 5.50. The molecule has 2 aromatic carbocycles. The Balaban J connectivity index is 1.50. The number of amides is 1. The summed E-state index contributed by atoms with van der Waals surface area (Å²) in [5.41, 5.74) is 4.12. The molecule has 1 saturated heterocycles. The zero-order valence-electron chi connectivity index (χ0n) is 14.2. The fourth-order valence-corrected chi connectivity index (χ4v) is 3.37. The van der Waals surface area contributed by atoms with E-state index in [2.05, 4.69) is 25.0 Å². The number of likely N-dealkylation sites (tertiary alicyclic amines) is 1. The lowest BCUT2D eigenvalue weighted by atomic mass is 9.96. The first kappa shape index (κ1) is 15.8. The maximum Gasteiger partial charge on any atom is 0.410 e. The second-order valence-corrected chi connectivity index (χ2v) is 6.53. The fourth-order valence-electron chi connectivity index (χ4n) is 3.37. The Morgan fingerprint density at radius 1 is 1.28 bits per heavy atom. The second kappa shape index (κ2) is 6.63. The molecular formula is C19H20BN3O2. The molecule has 0 aliphatic carbocycles. The molecule has 0 radical (unpaired) electrons. The Morgan fingerprint density at radius 2 is 2.12 bits per heavy atom. The van der Waals surface area contributed by atoms with Crippen LogP contribution in [0.4, 0.5) is 4.79 Å². The van der Waals surface area contributed by atoms with E-state index >= 15 is 0 Å². The fraction of sp³-hybridized carbons (Fsp3) is 0.263. The number of imidazole rings is 1. The standard InChI is InChI=1S/C19H20BN3O2/c20-14-8-9-15-16(11-14)22-18(21-15)17-7-4-10-23(17)19(24)25-12-13-5-2-1-3-6-13/h1-3,5-6,8-9,11,17H,4,7,10,12,20H2,(H,21,22)/t17-/m0/s1. The van der Waals surface area contributed by atoms with Gasteiger partial charge in [-0.2, -0.15) is 0 Å². The van der Waals surface area contributed by atoms with Gasteiger partial charge in [0.15, 0.2) is 0 Å². The van der Waals surface area contributed by atoms with Crippen LogP contribution >= 0.6 is 0 Å². The number of aromatic nitrogens is 2. The number of hydrogen-bond donors (Lipinski definition) is 1. The average molecular weight is 333 g/mol. The van der Waals surface area contributed by atoms with E-state index in [0.717, 1.165) is 35.3 Å². The number of fused-ring (bicyclic) bond motifs is 1. The van der Waals surface area contributed by atoms with Crippen molar-refractivity contribution in [1.82, 2.24) is 14.9 Å². The Morgan fingerprint density at radius 3 is 2.96 bits per heavy atom. The second-order valence-electron chi connectivity index (χ2n) is 6.53. The quantitative estimate of drug-likeness (QED) is 0.748. The van der Waals surface area contributed by atoms with E-state index in [4.69, 9.17) is 9.72 Å². The molecule has 0 unspecified atom stereocenters. The van der Waals surface area contributed by atoms with Gasteiger partial charge < -0.3 is 9.72 Å².